The quantitative estimate of drug-likeness (QED) is 0.361. The van der Waals surface area contributed by atoms with E-state index in [2.05, 4.69) is 5.32 Å². The van der Waals surface area contributed by atoms with Crippen LogP contribution in [0.25, 0.3) is 0 Å². The SMILES string of the molecule is Cc1ccc([N+](=O)[O-])cc1NC(=O)COC(=O)c1cc2c(s1)CCCCC2. The fourth-order valence-electron chi connectivity index (χ4n) is 3.01. The molecule has 0 aliphatic heterocycles. The van der Waals surface area contributed by atoms with E-state index in [-0.39, 0.29) is 5.69 Å². The molecule has 0 fully saturated rings. The number of fused-ring (bicyclic) bond motifs is 1. The molecule has 1 N–H and O–H groups in total. The molecule has 142 valence electrons. The Morgan fingerprint density at radius 3 is 2.78 bits per heavy atom. The number of carbonyl (C=O) groups excluding carboxylic acids is 2. The van der Waals surface area contributed by atoms with Gasteiger partial charge in [-0.1, -0.05) is 12.5 Å². The smallest absolute Gasteiger partial charge is 0.348 e. The van der Waals surface area contributed by atoms with E-state index in [1.165, 1.54) is 40.3 Å². The van der Waals surface area contributed by atoms with Gasteiger partial charge in [-0.05, 0) is 49.8 Å². The van der Waals surface area contributed by atoms with Crippen LogP contribution in [-0.2, 0) is 22.4 Å². The summed E-state index contributed by atoms with van der Waals surface area (Å²) >= 11 is 1.44. The molecule has 8 heteroatoms. The van der Waals surface area contributed by atoms with Gasteiger partial charge in [-0.25, -0.2) is 4.79 Å². The number of nitrogens with zero attached hydrogens (tertiary/aromatic N) is 1. The minimum atomic E-state index is -0.537. The highest BCUT2D eigenvalue weighted by molar-refractivity contribution is 7.14. The van der Waals surface area contributed by atoms with Gasteiger partial charge in [-0.2, -0.15) is 0 Å². The molecule has 3 rings (SSSR count). The van der Waals surface area contributed by atoms with Gasteiger partial charge in [0.2, 0.25) is 0 Å². The van der Waals surface area contributed by atoms with Crippen LogP contribution in [-0.4, -0.2) is 23.4 Å². The van der Waals surface area contributed by atoms with Crippen LogP contribution in [0.4, 0.5) is 11.4 Å². The molecule has 0 bridgehead atoms. The first-order chi connectivity index (χ1) is 12.9. The molecule has 1 amide bonds. The van der Waals surface area contributed by atoms with Crippen LogP contribution in [0.2, 0.25) is 0 Å². The van der Waals surface area contributed by atoms with Crippen molar-refractivity contribution in [2.24, 2.45) is 0 Å². The number of nitro benzene ring substituents is 1. The zero-order valence-corrected chi connectivity index (χ0v) is 15.8. The molecular weight excluding hydrogens is 368 g/mol. The highest BCUT2D eigenvalue weighted by Crippen LogP contribution is 2.29. The van der Waals surface area contributed by atoms with Crippen LogP contribution in [0.5, 0.6) is 0 Å². The Morgan fingerprint density at radius 2 is 2.00 bits per heavy atom. The zero-order chi connectivity index (χ0) is 19.4. The Morgan fingerprint density at radius 1 is 1.22 bits per heavy atom. The number of thiophene rings is 1. The number of hydrogen-bond acceptors (Lipinski definition) is 6. The number of non-ortho nitro benzene ring substituents is 1. The maximum atomic E-state index is 12.2. The second-order valence-corrected chi connectivity index (χ2v) is 7.64. The number of hydrogen-bond donors (Lipinski definition) is 1. The molecule has 1 aromatic carbocycles. The minimum absolute atomic E-state index is 0.118. The topological polar surface area (TPSA) is 98.5 Å². The number of nitro groups is 1. The third kappa shape index (κ3) is 4.71. The van der Waals surface area contributed by atoms with Crippen molar-refractivity contribution < 1.29 is 19.2 Å². The van der Waals surface area contributed by atoms with Gasteiger partial charge in [-0.3, -0.25) is 14.9 Å². The summed E-state index contributed by atoms with van der Waals surface area (Å²) in [6, 6.07) is 6.08. The Hall–Kier alpha value is -2.74. The van der Waals surface area contributed by atoms with Crippen molar-refractivity contribution in [1.82, 2.24) is 0 Å². The van der Waals surface area contributed by atoms with Gasteiger partial charge < -0.3 is 10.1 Å². The molecule has 2 aromatic rings. The monoisotopic (exact) mass is 388 g/mol. The van der Waals surface area contributed by atoms with Crippen LogP contribution < -0.4 is 5.32 Å². The number of carbonyl (C=O) groups is 2. The van der Waals surface area contributed by atoms with Crippen LogP contribution in [0.15, 0.2) is 24.3 Å². The van der Waals surface area contributed by atoms with E-state index in [4.69, 9.17) is 4.74 Å². The number of rotatable bonds is 5. The fraction of sp³-hybridized carbons (Fsp3) is 0.368. The lowest BCUT2D eigenvalue weighted by Crippen LogP contribution is -2.21. The molecule has 0 atom stereocenters. The van der Waals surface area contributed by atoms with E-state index >= 15 is 0 Å². The third-order valence-corrected chi connectivity index (χ3v) is 5.71. The Bertz CT molecular complexity index is 867. The Labute approximate surface area is 160 Å². The highest BCUT2D eigenvalue weighted by atomic mass is 32.1. The van der Waals surface area contributed by atoms with Gasteiger partial charge in [-0.15, -0.1) is 11.3 Å². The Balaban J connectivity index is 1.58. The Kier molecular flexibility index (Phi) is 5.85. The second kappa shape index (κ2) is 8.30. The van der Waals surface area contributed by atoms with Crippen molar-refractivity contribution >= 4 is 34.6 Å². The molecule has 1 aliphatic rings. The standard InChI is InChI=1S/C19H20N2O5S/c1-12-7-8-14(21(24)25)10-15(12)20-18(22)11-26-19(23)17-9-13-5-3-2-4-6-16(13)27-17/h7-10H,2-6,11H2,1H3,(H,20,22). The number of ether oxygens (including phenoxy) is 1. The van der Waals surface area contributed by atoms with Crippen LogP contribution in [0.3, 0.4) is 0 Å². The summed E-state index contributed by atoms with van der Waals surface area (Å²) in [7, 11) is 0. The van der Waals surface area contributed by atoms with E-state index in [0.717, 1.165) is 25.7 Å². The van der Waals surface area contributed by atoms with Crippen molar-refractivity contribution in [3.8, 4) is 0 Å². The first-order valence-corrected chi connectivity index (χ1v) is 9.59. The maximum Gasteiger partial charge on any atom is 0.348 e. The van der Waals surface area contributed by atoms with Crippen molar-refractivity contribution in [2.45, 2.75) is 39.0 Å². The molecule has 0 spiro atoms. The van der Waals surface area contributed by atoms with E-state index in [1.54, 1.807) is 13.0 Å². The molecule has 1 heterocycles. The molecule has 27 heavy (non-hydrogen) atoms. The lowest BCUT2D eigenvalue weighted by molar-refractivity contribution is -0.384. The summed E-state index contributed by atoms with van der Waals surface area (Å²) < 4.78 is 5.11. The van der Waals surface area contributed by atoms with Crippen LogP contribution in [0.1, 0.15) is 44.9 Å². The fourth-order valence-corrected chi connectivity index (χ4v) is 4.16. The molecule has 0 saturated carbocycles. The van der Waals surface area contributed by atoms with Gasteiger partial charge in [0.15, 0.2) is 6.61 Å². The average molecular weight is 388 g/mol. The normalized spacial score (nSPS) is 13.4. The van der Waals surface area contributed by atoms with E-state index < -0.39 is 23.4 Å². The first-order valence-electron chi connectivity index (χ1n) is 8.77. The van der Waals surface area contributed by atoms with Crippen LogP contribution >= 0.6 is 11.3 Å². The maximum absolute atomic E-state index is 12.2. The van der Waals surface area contributed by atoms with Crippen molar-refractivity contribution in [3.05, 3.63) is 55.3 Å². The molecule has 0 unspecified atom stereocenters. The summed E-state index contributed by atoms with van der Waals surface area (Å²) in [4.78, 5) is 36.4. The molecule has 1 aliphatic carbocycles. The number of amides is 1. The van der Waals surface area contributed by atoms with Crippen molar-refractivity contribution in [2.75, 3.05) is 11.9 Å². The largest absolute Gasteiger partial charge is 0.451 e. The second-order valence-electron chi connectivity index (χ2n) is 6.50. The summed E-state index contributed by atoms with van der Waals surface area (Å²) in [5, 5.41) is 13.4. The summed E-state index contributed by atoms with van der Waals surface area (Å²) in [5.74, 6) is -1.05. The average Bonchev–Trinajstić information content (AvgIpc) is 2.92. The van der Waals surface area contributed by atoms with Gasteiger partial charge >= 0.3 is 5.97 Å². The predicted octanol–water partition coefficient (Wildman–Crippen LogP) is 4.03. The summed E-state index contributed by atoms with van der Waals surface area (Å²) in [5.41, 5.74) is 2.10. The summed E-state index contributed by atoms with van der Waals surface area (Å²) in [6.45, 7) is 1.29. The lowest BCUT2D eigenvalue weighted by atomic mass is 10.1. The molecule has 7 nitrogen and oxygen atoms in total. The molecule has 1 aromatic heterocycles. The number of nitrogens with one attached hydrogen (secondary N) is 1. The predicted molar refractivity (Wildman–Crippen MR) is 102 cm³/mol. The van der Waals surface area contributed by atoms with Crippen LogP contribution in [0, 0.1) is 17.0 Å². The molecular formula is C19H20N2O5S. The molecule has 0 saturated heterocycles. The first kappa shape index (κ1) is 19.0. The van der Waals surface area contributed by atoms with Gasteiger partial charge in [0, 0.05) is 17.0 Å². The van der Waals surface area contributed by atoms with Crippen molar-refractivity contribution in [1.29, 1.82) is 0 Å². The number of aryl methyl sites for hydroxylation is 3. The zero-order valence-electron chi connectivity index (χ0n) is 14.9. The number of benzene rings is 1. The van der Waals surface area contributed by atoms with E-state index in [9.17, 15) is 19.7 Å². The van der Waals surface area contributed by atoms with Gasteiger partial charge in [0.25, 0.3) is 11.6 Å². The van der Waals surface area contributed by atoms with E-state index in [0.29, 0.717) is 16.1 Å². The minimum Gasteiger partial charge on any atom is -0.451 e. The van der Waals surface area contributed by atoms with E-state index in [1.807, 2.05) is 6.07 Å². The van der Waals surface area contributed by atoms with Gasteiger partial charge in [0.1, 0.15) is 4.88 Å². The summed E-state index contributed by atoms with van der Waals surface area (Å²) in [6.07, 6.45) is 5.43. The van der Waals surface area contributed by atoms with Gasteiger partial charge in [0.05, 0.1) is 10.6 Å². The lowest BCUT2D eigenvalue weighted by Gasteiger charge is -2.08. The molecule has 0 radical (unpaired) electrons. The third-order valence-electron chi connectivity index (χ3n) is 4.49. The number of anilines is 1. The van der Waals surface area contributed by atoms with Crippen molar-refractivity contribution in [3.63, 3.8) is 0 Å². The number of esters is 1. The highest BCUT2D eigenvalue weighted by Gasteiger charge is 2.19.